The number of thiol groups is 1. The van der Waals surface area contributed by atoms with Crippen LogP contribution in [0, 0.1) is 0 Å². The van der Waals surface area contributed by atoms with Gasteiger partial charge in [-0.05, 0) is 28.1 Å². The summed E-state index contributed by atoms with van der Waals surface area (Å²) in [6, 6.07) is 0. The van der Waals surface area contributed by atoms with Crippen LogP contribution in [0.15, 0.2) is 16.9 Å². The number of aryl methyl sites for hydroxylation is 1. The van der Waals surface area contributed by atoms with Crippen LogP contribution in [-0.4, -0.2) is 15.7 Å². The molecule has 0 atom stereocenters. The smallest absolute Gasteiger partial charge is 0.128 e. The normalized spacial score (nSPS) is 10.0. The van der Waals surface area contributed by atoms with Crippen molar-refractivity contribution in [3.8, 4) is 0 Å². The minimum absolute atomic E-state index is 0.888. The maximum absolute atomic E-state index is 4.12. The molecule has 1 heterocycles. The predicted octanol–water partition coefficient (Wildman–Crippen LogP) is 2.10. The van der Waals surface area contributed by atoms with Crippen molar-refractivity contribution >= 4 is 28.6 Å². The van der Waals surface area contributed by atoms with E-state index in [4.69, 9.17) is 0 Å². The molecular weight excluding hydrogens is 224 g/mol. The van der Waals surface area contributed by atoms with Gasteiger partial charge in [-0.3, -0.25) is 0 Å². The summed E-state index contributed by atoms with van der Waals surface area (Å²) >= 11 is 7.38. The van der Waals surface area contributed by atoms with E-state index in [0.717, 1.165) is 28.9 Å². The topological polar surface area (TPSA) is 25.8 Å². The van der Waals surface area contributed by atoms with Gasteiger partial charge in [0.2, 0.25) is 0 Å². The lowest BCUT2D eigenvalue weighted by atomic mass is 10.3. The molecule has 0 bridgehead atoms. The lowest BCUT2D eigenvalue weighted by Crippen LogP contribution is -1.94. The highest BCUT2D eigenvalue weighted by Gasteiger charge is 1.94. The van der Waals surface area contributed by atoms with Gasteiger partial charge < -0.3 is 0 Å². The van der Waals surface area contributed by atoms with Crippen LogP contribution >= 0.6 is 28.6 Å². The molecule has 0 fully saturated rings. The zero-order valence-corrected chi connectivity index (χ0v) is 8.48. The van der Waals surface area contributed by atoms with Gasteiger partial charge in [0.25, 0.3) is 0 Å². The Morgan fingerprint density at radius 1 is 1.36 bits per heavy atom. The first-order valence-corrected chi connectivity index (χ1v) is 4.83. The molecule has 0 radical (unpaired) electrons. The Morgan fingerprint density at radius 2 is 2.00 bits per heavy atom. The third-order valence-electron chi connectivity index (χ3n) is 1.23. The van der Waals surface area contributed by atoms with Crippen LogP contribution < -0.4 is 0 Å². The summed E-state index contributed by atoms with van der Waals surface area (Å²) in [5, 5.41) is 0. The third kappa shape index (κ3) is 3.20. The summed E-state index contributed by atoms with van der Waals surface area (Å²) in [6.45, 7) is 0. The number of halogens is 1. The van der Waals surface area contributed by atoms with Crippen molar-refractivity contribution in [1.82, 2.24) is 9.97 Å². The average Bonchev–Trinajstić information content (AvgIpc) is 2.04. The Kier molecular flexibility index (Phi) is 3.86. The second-order valence-electron chi connectivity index (χ2n) is 2.14. The SMILES string of the molecule is SCCCc1ncc(Br)cn1. The minimum atomic E-state index is 0.888. The summed E-state index contributed by atoms with van der Waals surface area (Å²) < 4.78 is 0.923. The molecule has 2 nitrogen and oxygen atoms in total. The summed E-state index contributed by atoms with van der Waals surface area (Å²) in [5.41, 5.74) is 0. The molecular formula is C7H9BrN2S. The van der Waals surface area contributed by atoms with Crippen LogP contribution in [0.2, 0.25) is 0 Å². The van der Waals surface area contributed by atoms with Crippen LogP contribution in [0.5, 0.6) is 0 Å². The van der Waals surface area contributed by atoms with Gasteiger partial charge in [0.1, 0.15) is 5.82 Å². The maximum Gasteiger partial charge on any atom is 0.128 e. The summed E-state index contributed by atoms with van der Waals surface area (Å²) in [5.74, 6) is 1.78. The first kappa shape index (κ1) is 9.00. The first-order valence-electron chi connectivity index (χ1n) is 3.40. The molecule has 4 heteroatoms. The summed E-state index contributed by atoms with van der Waals surface area (Å²) in [7, 11) is 0. The standard InChI is InChI=1S/C7H9BrN2S/c8-6-4-9-7(10-5-6)2-1-3-11/h4-5,11H,1-3H2. The second-order valence-corrected chi connectivity index (χ2v) is 3.51. The molecule has 0 N–H and O–H groups in total. The lowest BCUT2D eigenvalue weighted by Gasteiger charge is -1.96. The number of rotatable bonds is 3. The molecule has 0 aromatic carbocycles. The number of nitrogens with zero attached hydrogens (tertiary/aromatic N) is 2. The van der Waals surface area contributed by atoms with Gasteiger partial charge in [-0.25, -0.2) is 9.97 Å². The fourth-order valence-corrected chi connectivity index (χ4v) is 1.07. The van der Waals surface area contributed by atoms with E-state index < -0.39 is 0 Å². The molecule has 0 amide bonds. The Labute approximate surface area is 80.0 Å². The number of hydrogen-bond donors (Lipinski definition) is 1. The molecule has 0 aliphatic rings. The van der Waals surface area contributed by atoms with E-state index in [1.165, 1.54) is 0 Å². The van der Waals surface area contributed by atoms with Crippen LogP contribution in [0.3, 0.4) is 0 Å². The van der Waals surface area contributed by atoms with E-state index in [0.29, 0.717) is 0 Å². The van der Waals surface area contributed by atoms with Gasteiger partial charge in [-0.15, -0.1) is 0 Å². The molecule has 1 aromatic rings. The monoisotopic (exact) mass is 232 g/mol. The van der Waals surface area contributed by atoms with E-state index >= 15 is 0 Å². The molecule has 0 aliphatic carbocycles. The highest BCUT2D eigenvalue weighted by molar-refractivity contribution is 9.10. The maximum atomic E-state index is 4.12. The number of aromatic nitrogens is 2. The lowest BCUT2D eigenvalue weighted by molar-refractivity contribution is 0.840. The summed E-state index contributed by atoms with van der Waals surface area (Å²) in [6.07, 6.45) is 5.48. The van der Waals surface area contributed by atoms with Crippen molar-refractivity contribution < 1.29 is 0 Å². The van der Waals surface area contributed by atoms with Crippen molar-refractivity contribution in [2.24, 2.45) is 0 Å². The van der Waals surface area contributed by atoms with E-state index in [1.54, 1.807) is 12.4 Å². The number of hydrogen-bond acceptors (Lipinski definition) is 3. The van der Waals surface area contributed by atoms with Crippen LogP contribution in [0.1, 0.15) is 12.2 Å². The molecule has 1 rings (SSSR count). The van der Waals surface area contributed by atoms with E-state index in [2.05, 4.69) is 38.5 Å². The molecule has 1 aromatic heterocycles. The van der Waals surface area contributed by atoms with E-state index in [9.17, 15) is 0 Å². The Balaban J connectivity index is 2.52. The van der Waals surface area contributed by atoms with Gasteiger partial charge in [0.05, 0.1) is 4.47 Å². The quantitative estimate of drug-likeness (QED) is 0.809. The average molecular weight is 233 g/mol. The van der Waals surface area contributed by atoms with Gasteiger partial charge in [0, 0.05) is 18.8 Å². The van der Waals surface area contributed by atoms with Gasteiger partial charge in [-0.1, -0.05) is 0 Å². The molecule has 60 valence electrons. The van der Waals surface area contributed by atoms with Crippen molar-refractivity contribution in [2.75, 3.05) is 5.75 Å². The van der Waals surface area contributed by atoms with Crippen molar-refractivity contribution in [3.63, 3.8) is 0 Å². The largest absolute Gasteiger partial charge is 0.240 e. The zero-order valence-electron chi connectivity index (χ0n) is 6.00. The minimum Gasteiger partial charge on any atom is -0.240 e. The zero-order chi connectivity index (χ0) is 8.10. The molecule has 11 heavy (non-hydrogen) atoms. The third-order valence-corrected chi connectivity index (χ3v) is 1.96. The van der Waals surface area contributed by atoms with Crippen LogP contribution in [0.25, 0.3) is 0 Å². The molecule has 0 aliphatic heterocycles. The molecule has 0 saturated heterocycles. The second kappa shape index (κ2) is 4.72. The first-order chi connectivity index (χ1) is 5.33. The Bertz CT molecular complexity index is 212. The highest BCUT2D eigenvalue weighted by atomic mass is 79.9. The van der Waals surface area contributed by atoms with Crippen molar-refractivity contribution in [3.05, 3.63) is 22.7 Å². The molecule has 0 unspecified atom stereocenters. The van der Waals surface area contributed by atoms with E-state index in [1.807, 2.05) is 0 Å². The van der Waals surface area contributed by atoms with Crippen LogP contribution in [0.4, 0.5) is 0 Å². The van der Waals surface area contributed by atoms with Crippen molar-refractivity contribution in [2.45, 2.75) is 12.8 Å². The van der Waals surface area contributed by atoms with Gasteiger partial charge >= 0.3 is 0 Å². The fourth-order valence-electron chi connectivity index (χ4n) is 0.705. The van der Waals surface area contributed by atoms with Gasteiger partial charge in [0.15, 0.2) is 0 Å². The Hall–Kier alpha value is -0.0900. The van der Waals surface area contributed by atoms with E-state index in [-0.39, 0.29) is 0 Å². The molecule has 0 spiro atoms. The van der Waals surface area contributed by atoms with Gasteiger partial charge in [-0.2, -0.15) is 12.6 Å². The van der Waals surface area contributed by atoms with Crippen molar-refractivity contribution in [1.29, 1.82) is 0 Å². The Morgan fingerprint density at radius 3 is 2.55 bits per heavy atom. The van der Waals surface area contributed by atoms with Crippen LogP contribution in [-0.2, 0) is 6.42 Å². The fraction of sp³-hybridized carbons (Fsp3) is 0.429. The summed E-state index contributed by atoms with van der Waals surface area (Å²) in [4.78, 5) is 8.25. The predicted molar refractivity (Wildman–Crippen MR) is 51.9 cm³/mol. The highest BCUT2D eigenvalue weighted by Crippen LogP contribution is 2.05. The molecule has 0 saturated carbocycles.